The van der Waals surface area contributed by atoms with Crippen LogP contribution in [-0.2, 0) is 11.3 Å². The third-order valence-corrected chi connectivity index (χ3v) is 1.65. The molecule has 3 N–H and O–H groups in total. The van der Waals surface area contributed by atoms with E-state index in [0.717, 1.165) is 6.20 Å². The Morgan fingerprint density at radius 3 is 2.71 bits per heavy atom. The van der Waals surface area contributed by atoms with E-state index in [1.807, 2.05) is 0 Å². The summed E-state index contributed by atoms with van der Waals surface area (Å²) in [5.41, 5.74) is 5.27. The lowest BCUT2D eigenvalue weighted by Gasteiger charge is -2.06. The van der Waals surface area contributed by atoms with E-state index in [9.17, 15) is 18.0 Å². The van der Waals surface area contributed by atoms with Crippen molar-refractivity contribution in [3.05, 3.63) is 12.3 Å². The summed E-state index contributed by atoms with van der Waals surface area (Å²) >= 11 is 0. The van der Waals surface area contributed by atoms with Gasteiger partial charge in [-0.3, -0.25) is 9.48 Å². The number of anilines is 1. The number of carbonyl (C=O) groups excluding carboxylic acids is 1. The number of hydrogen-bond donors (Lipinski definition) is 2. The minimum absolute atomic E-state index is 0. The number of halogens is 4. The van der Waals surface area contributed by atoms with Crippen LogP contribution < -0.4 is 11.1 Å². The summed E-state index contributed by atoms with van der Waals surface area (Å²) in [4.78, 5) is 11.1. The normalized spacial score (nSPS) is 12.8. The fraction of sp³-hybridized carbons (Fsp3) is 0.500. The molecular weight excluding hydrogens is 261 g/mol. The lowest BCUT2D eigenvalue weighted by atomic mass is 10.3. The SMILES string of the molecule is C[C@@H](N)C(=O)Nc1ccn(CC(F)(F)F)n1.Cl. The Balaban J connectivity index is 0.00000256. The van der Waals surface area contributed by atoms with Crippen LogP contribution in [0.3, 0.4) is 0 Å². The fourth-order valence-electron chi connectivity index (χ4n) is 0.940. The molecule has 1 amide bonds. The fourth-order valence-corrected chi connectivity index (χ4v) is 0.940. The molecule has 1 heterocycles. The summed E-state index contributed by atoms with van der Waals surface area (Å²) in [6.07, 6.45) is -3.21. The molecule has 0 unspecified atom stereocenters. The van der Waals surface area contributed by atoms with Gasteiger partial charge in [-0.2, -0.15) is 18.3 Å². The Labute approximate surface area is 102 Å². The number of nitrogens with two attached hydrogens (primary N) is 1. The second kappa shape index (κ2) is 5.87. The van der Waals surface area contributed by atoms with E-state index in [0.29, 0.717) is 4.68 Å². The van der Waals surface area contributed by atoms with Crippen LogP contribution in [0.1, 0.15) is 6.92 Å². The standard InChI is InChI=1S/C8H11F3N4O.ClH/c1-5(12)7(16)13-6-2-3-15(14-6)4-8(9,10)11;/h2-3,5H,4,12H2,1H3,(H,13,14,16);1H/t5-;/m1./s1. The van der Waals surface area contributed by atoms with Gasteiger partial charge in [0, 0.05) is 12.3 Å². The highest BCUT2D eigenvalue weighted by Crippen LogP contribution is 2.17. The molecular formula is C8H12ClF3N4O. The van der Waals surface area contributed by atoms with Crippen molar-refractivity contribution in [2.45, 2.75) is 25.7 Å². The van der Waals surface area contributed by atoms with E-state index in [4.69, 9.17) is 5.73 Å². The summed E-state index contributed by atoms with van der Waals surface area (Å²) in [5.74, 6) is -0.455. The van der Waals surface area contributed by atoms with Gasteiger partial charge in [0.1, 0.15) is 6.54 Å². The third-order valence-electron chi connectivity index (χ3n) is 1.65. The van der Waals surface area contributed by atoms with Gasteiger partial charge < -0.3 is 11.1 Å². The maximum absolute atomic E-state index is 12.0. The van der Waals surface area contributed by atoms with Crippen LogP contribution in [0.25, 0.3) is 0 Å². The molecule has 0 aliphatic carbocycles. The van der Waals surface area contributed by atoms with E-state index in [2.05, 4.69) is 10.4 Å². The minimum Gasteiger partial charge on any atom is -0.320 e. The van der Waals surface area contributed by atoms with Crippen LogP contribution in [0.5, 0.6) is 0 Å². The maximum atomic E-state index is 12.0. The highest BCUT2D eigenvalue weighted by atomic mass is 35.5. The van der Waals surface area contributed by atoms with Crippen LogP contribution in [0, 0.1) is 0 Å². The smallest absolute Gasteiger partial charge is 0.320 e. The molecule has 0 aliphatic heterocycles. The first-order valence-electron chi connectivity index (χ1n) is 4.44. The summed E-state index contributed by atoms with van der Waals surface area (Å²) in [5, 5.41) is 5.81. The first-order chi connectivity index (χ1) is 7.28. The van der Waals surface area contributed by atoms with Crippen LogP contribution in [0.15, 0.2) is 12.3 Å². The summed E-state index contributed by atoms with van der Waals surface area (Å²) in [7, 11) is 0. The van der Waals surface area contributed by atoms with Gasteiger partial charge in [-0.1, -0.05) is 0 Å². The Kier molecular flexibility index (Phi) is 5.43. The lowest BCUT2D eigenvalue weighted by Crippen LogP contribution is -2.32. The van der Waals surface area contributed by atoms with Crippen molar-refractivity contribution in [2.75, 3.05) is 5.32 Å². The second-order valence-corrected chi connectivity index (χ2v) is 3.29. The quantitative estimate of drug-likeness (QED) is 0.867. The zero-order chi connectivity index (χ0) is 12.3. The molecule has 0 fully saturated rings. The third kappa shape index (κ3) is 5.55. The van der Waals surface area contributed by atoms with Gasteiger partial charge in [-0.05, 0) is 6.92 Å². The average Bonchev–Trinajstić information content (AvgIpc) is 2.49. The molecule has 1 rings (SSSR count). The van der Waals surface area contributed by atoms with Gasteiger partial charge in [0.2, 0.25) is 5.91 Å². The Morgan fingerprint density at radius 1 is 1.65 bits per heavy atom. The zero-order valence-corrected chi connectivity index (χ0v) is 9.68. The van der Waals surface area contributed by atoms with Crippen molar-refractivity contribution in [2.24, 2.45) is 5.73 Å². The number of amides is 1. The van der Waals surface area contributed by atoms with Gasteiger partial charge in [-0.15, -0.1) is 12.4 Å². The van der Waals surface area contributed by atoms with Crippen molar-refractivity contribution in [1.29, 1.82) is 0 Å². The summed E-state index contributed by atoms with van der Waals surface area (Å²) in [6.45, 7) is 0.267. The molecule has 0 aromatic carbocycles. The molecule has 17 heavy (non-hydrogen) atoms. The number of alkyl halides is 3. The number of hydrogen-bond acceptors (Lipinski definition) is 3. The summed E-state index contributed by atoms with van der Waals surface area (Å²) < 4.78 is 36.6. The van der Waals surface area contributed by atoms with Crippen molar-refractivity contribution in [1.82, 2.24) is 9.78 Å². The lowest BCUT2D eigenvalue weighted by molar-refractivity contribution is -0.142. The molecule has 0 spiro atoms. The highest BCUT2D eigenvalue weighted by molar-refractivity contribution is 5.93. The number of nitrogens with zero attached hydrogens (tertiary/aromatic N) is 2. The molecule has 9 heteroatoms. The molecule has 0 radical (unpaired) electrons. The van der Waals surface area contributed by atoms with Gasteiger partial charge in [0.25, 0.3) is 0 Å². The Morgan fingerprint density at radius 2 is 2.24 bits per heavy atom. The van der Waals surface area contributed by atoms with Crippen molar-refractivity contribution < 1.29 is 18.0 Å². The molecule has 0 saturated carbocycles. The van der Waals surface area contributed by atoms with E-state index in [1.54, 1.807) is 0 Å². The number of rotatable bonds is 3. The van der Waals surface area contributed by atoms with Crippen LogP contribution in [0.4, 0.5) is 19.0 Å². The number of carbonyl (C=O) groups is 1. The van der Waals surface area contributed by atoms with E-state index in [-0.39, 0.29) is 18.2 Å². The van der Waals surface area contributed by atoms with Crippen LogP contribution in [-0.4, -0.2) is 27.9 Å². The average molecular weight is 273 g/mol. The summed E-state index contributed by atoms with van der Waals surface area (Å²) in [6, 6.07) is 0.527. The molecule has 1 aromatic rings. The second-order valence-electron chi connectivity index (χ2n) is 3.29. The van der Waals surface area contributed by atoms with Gasteiger partial charge >= 0.3 is 6.18 Å². The van der Waals surface area contributed by atoms with Gasteiger partial charge in [0.15, 0.2) is 5.82 Å². The monoisotopic (exact) mass is 272 g/mol. The minimum atomic E-state index is -4.34. The van der Waals surface area contributed by atoms with E-state index in [1.165, 1.54) is 13.0 Å². The number of nitrogens with one attached hydrogen (secondary N) is 1. The predicted molar refractivity (Wildman–Crippen MR) is 57.8 cm³/mol. The molecule has 5 nitrogen and oxygen atoms in total. The van der Waals surface area contributed by atoms with Crippen LogP contribution in [0.2, 0.25) is 0 Å². The predicted octanol–water partition coefficient (Wildman–Crippen LogP) is 1.15. The molecule has 1 atom stereocenters. The van der Waals surface area contributed by atoms with Crippen molar-refractivity contribution in [3.63, 3.8) is 0 Å². The highest BCUT2D eigenvalue weighted by Gasteiger charge is 2.28. The molecule has 0 saturated heterocycles. The maximum Gasteiger partial charge on any atom is 0.408 e. The van der Waals surface area contributed by atoms with Crippen LogP contribution >= 0.6 is 12.4 Å². The number of aromatic nitrogens is 2. The Bertz CT molecular complexity index is 377. The largest absolute Gasteiger partial charge is 0.408 e. The Hall–Kier alpha value is -1.28. The molecule has 0 bridgehead atoms. The molecule has 98 valence electrons. The van der Waals surface area contributed by atoms with E-state index < -0.39 is 24.7 Å². The molecule has 0 aliphatic rings. The van der Waals surface area contributed by atoms with E-state index >= 15 is 0 Å². The topological polar surface area (TPSA) is 72.9 Å². The first kappa shape index (κ1) is 15.7. The molecule has 1 aromatic heterocycles. The first-order valence-corrected chi connectivity index (χ1v) is 4.44. The van der Waals surface area contributed by atoms with Crippen molar-refractivity contribution in [3.8, 4) is 0 Å². The van der Waals surface area contributed by atoms with Gasteiger partial charge in [0.05, 0.1) is 6.04 Å². The van der Waals surface area contributed by atoms with Crippen molar-refractivity contribution >= 4 is 24.1 Å². The van der Waals surface area contributed by atoms with Gasteiger partial charge in [-0.25, -0.2) is 0 Å². The zero-order valence-electron chi connectivity index (χ0n) is 8.86.